The Balaban J connectivity index is 2.67. The molecular formula is C14H27NO2. The lowest BCUT2D eigenvalue weighted by Crippen LogP contribution is -2.55. The van der Waals surface area contributed by atoms with Crippen LogP contribution in [0.4, 0.5) is 0 Å². The Morgan fingerprint density at radius 1 is 1.24 bits per heavy atom. The van der Waals surface area contributed by atoms with Gasteiger partial charge in [-0.05, 0) is 52.0 Å². The van der Waals surface area contributed by atoms with Gasteiger partial charge in [-0.1, -0.05) is 20.3 Å². The molecule has 3 heteroatoms. The Hall–Kier alpha value is -0.570. The van der Waals surface area contributed by atoms with Crippen molar-refractivity contribution in [1.82, 2.24) is 4.90 Å². The lowest BCUT2D eigenvalue weighted by Gasteiger charge is -2.43. The van der Waals surface area contributed by atoms with Crippen molar-refractivity contribution in [2.75, 3.05) is 6.54 Å². The van der Waals surface area contributed by atoms with Crippen molar-refractivity contribution in [1.29, 1.82) is 0 Å². The molecule has 0 radical (unpaired) electrons. The van der Waals surface area contributed by atoms with Gasteiger partial charge in [0.1, 0.15) is 5.54 Å². The monoisotopic (exact) mass is 241 g/mol. The molecule has 17 heavy (non-hydrogen) atoms. The zero-order chi connectivity index (χ0) is 13.1. The standard InChI is InChI=1S/C14H27NO2/c1-5-11-7-9-12(10-8-11)15(6-2)14(3,4)13(16)17/h11-12H,5-10H2,1-4H3,(H,16,17). The van der Waals surface area contributed by atoms with Crippen molar-refractivity contribution in [3.8, 4) is 0 Å². The molecule has 0 aromatic heterocycles. The predicted octanol–water partition coefficient (Wildman–Crippen LogP) is 3.14. The smallest absolute Gasteiger partial charge is 0.323 e. The maximum Gasteiger partial charge on any atom is 0.323 e. The summed E-state index contributed by atoms with van der Waals surface area (Å²) in [5, 5.41) is 9.33. The van der Waals surface area contributed by atoms with Crippen molar-refractivity contribution < 1.29 is 9.90 Å². The predicted molar refractivity (Wildman–Crippen MR) is 70.1 cm³/mol. The molecule has 0 bridgehead atoms. The summed E-state index contributed by atoms with van der Waals surface area (Å²) >= 11 is 0. The number of aliphatic carboxylic acids is 1. The summed E-state index contributed by atoms with van der Waals surface area (Å²) in [6.07, 6.45) is 6.09. The SMILES string of the molecule is CCC1CCC(N(CC)C(C)(C)C(=O)O)CC1. The Morgan fingerprint density at radius 2 is 1.76 bits per heavy atom. The largest absolute Gasteiger partial charge is 0.480 e. The van der Waals surface area contributed by atoms with Gasteiger partial charge < -0.3 is 5.11 Å². The first kappa shape index (κ1) is 14.5. The first-order valence-electron chi connectivity index (χ1n) is 6.93. The van der Waals surface area contributed by atoms with Gasteiger partial charge in [-0.25, -0.2) is 0 Å². The molecule has 1 fully saturated rings. The molecule has 0 saturated heterocycles. The fourth-order valence-corrected chi connectivity index (χ4v) is 3.10. The Labute approximate surface area is 105 Å². The number of carboxylic acid groups (broad SMARTS) is 1. The van der Waals surface area contributed by atoms with Gasteiger partial charge in [-0.3, -0.25) is 9.69 Å². The third-order valence-electron chi connectivity index (χ3n) is 4.42. The number of rotatable bonds is 5. The second-order valence-corrected chi connectivity index (χ2v) is 5.73. The van der Waals surface area contributed by atoms with E-state index >= 15 is 0 Å². The fraction of sp³-hybridized carbons (Fsp3) is 0.929. The van der Waals surface area contributed by atoms with Crippen LogP contribution in [-0.4, -0.2) is 34.1 Å². The van der Waals surface area contributed by atoms with E-state index < -0.39 is 11.5 Å². The van der Waals surface area contributed by atoms with Crippen LogP contribution in [0.25, 0.3) is 0 Å². The van der Waals surface area contributed by atoms with Gasteiger partial charge in [0.05, 0.1) is 0 Å². The molecule has 0 unspecified atom stereocenters. The van der Waals surface area contributed by atoms with Gasteiger partial charge in [0.15, 0.2) is 0 Å². The van der Waals surface area contributed by atoms with Gasteiger partial charge in [-0.2, -0.15) is 0 Å². The molecule has 0 aromatic carbocycles. The average Bonchev–Trinajstić information content (AvgIpc) is 2.30. The van der Waals surface area contributed by atoms with Crippen LogP contribution >= 0.6 is 0 Å². The molecule has 3 nitrogen and oxygen atoms in total. The lowest BCUT2D eigenvalue weighted by molar-refractivity contribution is -0.151. The number of nitrogens with zero attached hydrogens (tertiary/aromatic N) is 1. The topological polar surface area (TPSA) is 40.5 Å². The third kappa shape index (κ3) is 3.21. The number of hydrogen-bond acceptors (Lipinski definition) is 2. The summed E-state index contributed by atoms with van der Waals surface area (Å²) in [6.45, 7) is 8.79. The zero-order valence-corrected chi connectivity index (χ0v) is 11.7. The fourth-order valence-electron chi connectivity index (χ4n) is 3.10. The Bertz CT molecular complexity index is 255. The maximum absolute atomic E-state index is 11.3. The molecular weight excluding hydrogens is 214 g/mol. The molecule has 1 N–H and O–H groups in total. The van der Waals surface area contributed by atoms with Crippen LogP contribution < -0.4 is 0 Å². The highest BCUT2D eigenvalue weighted by atomic mass is 16.4. The summed E-state index contributed by atoms with van der Waals surface area (Å²) in [6, 6.07) is 0.453. The van der Waals surface area contributed by atoms with Gasteiger partial charge in [-0.15, -0.1) is 0 Å². The highest BCUT2D eigenvalue weighted by molar-refractivity contribution is 5.77. The maximum atomic E-state index is 11.3. The van der Waals surface area contributed by atoms with E-state index in [9.17, 15) is 9.90 Å². The van der Waals surface area contributed by atoms with Crippen molar-refractivity contribution in [2.45, 2.75) is 71.4 Å². The van der Waals surface area contributed by atoms with Crippen LogP contribution in [0, 0.1) is 5.92 Å². The van der Waals surface area contributed by atoms with E-state index in [4.69, 9.17) is 0 Å². The molecule has 1 aliphatic rings. The molecule has 0 amide bonds. The van der Waals surface area contributed by atoms with Gasteiger partial charge >= 0.3 is 5.97 Å². The molecule has 1 rings (SSSR count). The molecule has 0 spiro atoms. The Kier molecular flexibility index (Phi) is 4.99. The van der Waals surface area contributed by atoms with Gasteiger partial charge in [0, 0.05) is 6.04 Å². The van der Waals surface area contributed by atoms with Crippen molar-refractivity contribution >= 4 is 5.97 Å². The van der Waals surface area contributed by atoms with E-state index in [1.54, 1.807) is 0 Å². The van der Waals surface area contributed by atoms with Gasteiger partial charge in [0.2, 0.25) is 0 Å². The van der Waals surface area contributed by atoms with Crippen LogP contribution in [0.1, 0.15) is 59.8 Å². The first-order chi connectivity index (χ1) is 7.93. The second-order valence-electron chi connectivity index (χ2n) is 5.73. The first-order valence-corrected chi connectivity index (χ1v) is 6.93. The zero-order valence-electron chi connectivity index (χ0n) is 11.7. The molecule has 0 aliphatic heterocycles. The average molecular weight is 241 g/mol. The van der Waals surface area contributed by atoms with E-state index in [1.165, 1.54) is 19.3 Å². The van der Waals surface area contributed by atoms with Crippen molar-refractivity contribution in [2.24, 2.45) is 5.92 Å². The highest BCUT2D eigenvalue weighted by Crippen LogP contribution is 2.32. The van der Waals surface area contributed by atoms with Crippen LogP contribution in [-0.2, 0) is 4.79 Å². The number of likely N-dealkylation sites (N-methyl/N-ethyl adjacent to an activating group) is 1. The summed E-state index contributed by atoms with van der Waals surface area (Å²) in [7, 11) is 0. The van der Waals surface area contributed by atoms with Crippen LogP contribution in [0.15, 0.2) is 0 Å². The molecule has 0 aromatic rings. The van der Waals surface area contributed by atoms with E-state index in [2.05, 4.69) is 18.7 Å². The second kappa shape index (κ2) is 5.85. The molecule has 1 saturated carbocycles. The summed E-state index contributed by atoms with van der Waals surface area (Å²) in [5.74, 6) is 0.148. The van der Waals surface area contributed by atoms with Crippen molar-refractivity contribution in [3.05, 3.63) is 0 Å². The molecule has 0 heterocycles. The van der Waals surface area contributed by atoms with Crippen LogP contribution in [0.2, 0.25) is 0 Å². The van der Waals surface area contributed by atoms with E-state index in [0.29, 0.717) is 6.04 Å². The van der Waals surface area contributed by atoms with E-state index in [1.807, 2.05) is 13.8 Å². The number of hydrogen-bond donors (Lipinski definition) is 1. The minimum Gasteiger partial charge on any atom is -0.480 e. The normalized spacial score (nSPS) is 26.2. The van der Waals surface area contributed by atoms with Crippen LogP contribution in [0.3, 0.4) is 0 Å². The molecule has 1 aliphatic carbocycles. The quantitative estimate of drug-likeness (QED) is 0.804. The Morgan fingerprint density at radius 3 is 2.12 bits per heavy atom. The summed E-state index contributed by atoms with van der Waals surface area (Å²) in [5.41, 5.74) is -0.738. The molecule has 100 valence electrons. The minimum atomic E-state index is -0.738. The summed E-state index contributed by atoms with van der Waals surface area (Å²) in [4.78, 5) is 13.5. The van der Waals surface area contributed by atoms with Gasteiger partial charge in [0.25, 0.3) is 0 Å². The van der Waals surface area contributed by atoms with Crippen LogP contribution in [0.5, 0.6) is 0 Å². The number of carboxylic acids is 1. The van der Waals surface area contributed by atoms with E-state index in [-0.39, 0.29) is 0 Å². The van der Waals surface area contributed by atoms with Crippen molar-refractivity contribution in [3.63, 3.8) is 0 Å². The highest BCUT2D eigenvalue weighted by Gasteiger charge is 2.38. The summed E-state index contributed by atoms with van der Waals surface area (Å²) < 4.78 is 0. The lowest BCUT2D eigenvalue weighted by atomic mass is 9.82. The molecule has 0 atom stereocenters. The van der Waals surface area contributed by atoms with E-state index in [0.717, 1.165) is 25.3 Å². The third-order valence-corrected chi connectivity index (χ3v) is 4.42. The number of carbonyl (C=O) groups is 1. The minimum absolute atomic E-state index is 0.453.